The van der Waals surface area contributed by atoms with Crippen LogP contribution >= 0.6 is 24.8 Å². The Kier molecular flexibility index (Phi) is 25.0. The minimum atomic E-state index is 0. The zero-order valence-corrected chi connectivity index (χ0v) is 17.7. The van der Waals surface area contributed by atoms with Gasteiger partial charge in [0.2, 0.25) is 0 Å². The Morgan fingerprint density at radius 3 is 2.14 bits per heavy atom. The van der Waals surface area contributed by atoms with Crippen LogP contribution in [0.4, 0.5) is 0 Å². The van der Waals surface area contributed by atoms with Crippen molar-refractivity contribution in [3.05, 3.63) is 75.7 Å². The van der Waals surface area contributed by atoms with Crippen molar-refractivity contribution in [2.24, 2.45) is 0 Å². The van der Waals surface area contributed by atoms with E-state index in [-0.39, 0.29) is 39.7 Å². The molecule has 0 aliphatic heterocycles. The number of hydrogen-bond donors (Lipinski definition) is 1. The summed E-state index contributed by atoms with van der Waals surface area (Å²) >= 11 is 1.55. The summed E-state index contributed by atoms with van der Waals surface area (Å²) in [5, 5.41) is 1.22. The van der Waals surface area contributed by atoms with E-state index in [0.29, 0.717) is 0 Å². The largest absolute Gasteiger partial charge is 0.477 e. The standard InChI is InChI=1S/C8H6N.C5H5.C3H6.2CH3.2ClH.Zr/c1-2-4-8-7(3-1)5-6-9-8;1-2-4-5-3-1;1-3-2;;;;;/h1-5,9H;1-3H,4H2;1-2H3;2*1H3;2*1H;/q2*-1;;2*-1;;;. The van der Waals surface area contributed by atoms with Crippen molar-refractivity contribution >= 4 is 38.9 Å². The molecule has 1 aliphatic rings. The Morgan fingerprint density at radius 2 is 1.73 bits per heavy atom. The normalized spacial score (nSPS) is 9.32. The first-order valence-electron chi connectivity index (χ1n) is 5.87. The number of rotatable bonds is 0. The van der Waals surface area contributed by atoms with Crippen LogP contribution in [0.1, 0.15) is 20.3 Å². The fraction of sp³-hybridized carbons (Fsp3) is 0.167. The Morgan fingerprint density at radius 1 is 1.14 bits per heavy atom. The van der Waals surface area contributed by atoms with E-state index in [1.165, 1.54) is 8.59 Å². The van der Waals surface area contributed by atoms with Crippen molar-refractivity contribution in [1.82, 2.24) is 4.98 Å². The molecule has 0 spiro atoms. The van der Waals surface area contributed by atoms with Gasteiger partial charge in [-0.2, -0.15) is 17.5 Å². The number of aromatic amines is 1. The van der Waals surface area contributed by atoms with E-state index in [1.54, 1.807) is 24.2 Å². The topological polar surface area (TPSA) is 15.8 Å². The zero-order valence-electron chi connectivity index (χ0n) is 13.6. The predicted octanol–water partition coefficient (Wildman–Crippen LogP) is 5.76. The molecule has 0 amide bonds. The average molecular weight is 418 g/mol. The van der Waals surface area contributed by atoms with E-state index in [4.69, 9.17) is 0 Å². The van der Waals surface area contributed by atoms with Crippen molar-refractivity contribution in [2.45, 2.75) is 20.3 Å². The molecule has 0 radical (unpaired) electrons. The van der Waals surface area contributed by atoms with Gasteiger partial charge in [-0.15, -0.1) is 55.1 Å². The van der Waals surface area contributed by atoms with Crippen LogP contribution in [0.3, 0.4) is 0 Å². The first kappa shape index (κ1) is 29.6. The monoisotopic (exact) mass is 415 g/mol. The van der Waals surface area contributed by atoms with Gasteiger partial charge in [0, 0.05) is 0 Å². The van der Waals surface area contributed by atoms with E-state index in [2.05, 4.69) is 43.2 Å². The van der Waals surface area contributed by atoms with Crippen LogP contribution in [-0.4, -0.2) is 8.19 Å². The van der Waals surface area contributed by atoms with Crippen LogP contribution in [0, 0.1) is 27.1 Å². The Hall–Kier alpha value is -0.427. The number of nitrogens with one attached hydrogen (secondary N) is 1. The molecule has 1 aromatic heterocycles. The average Bonchev–Trinajstić information content (AvgIpc) is 3.03. The summed E-state index contributed by atoms with van der Waals surface area (Å²) in [6, 6.07) is 10.1. The Balaban J connectivity index is -0.000000111. The summed E-state index contributed by atoms with van der Waals surface area (Å²) in [5.41, 5.74) is 1.15. The molecular weight excluding hydrogens is 392 g/mol. The summed E-state index contributed by atoms with van der Waals surface area (Å²) in [4.78, 5) is 2.99. The third kappa shape index (κ3) is 14.5. The molecule has 0 unspecified atom stereocenters. The number of allylic oxidation sites excluding steroid dienone is 4. The second-order valence-electron chi connectivity index (χ2n) is 4.00. The molecule has 1 nitrogen and oxygen atoms in total. The summed E-state index contributed by atoms with van der Waals surface area (Å²) in [6.07, 6.45) is 12.9. The van der Waals surface area contributed by atoms with Crippen molar-refractivity contribution in [1.29, 1.82) is 0 Å². The van der Waals surface area contributed by atoms with Gasteiger partial charge in [-0.05, 0) is 0 Å². The van der Waals surface area contributed by atoms with E-state index in [0.717, 1.165) is 11.9 Å². The van der Waals surface area contributed by atoms with Gasteiger partial charge in [-0.3, -0.25) is 6.08 Å². The van der Waals surface area contributed by atoms with Crippen molar-refractivity contribution in [2.75, 3.05) is 0 Å². The van der Waals surface area contributed by atoms with Crippen LogP contribution in [0.25, 0.3) is 10.9 Å². The van der Waals surface area contributed by atoms with Gasteiger partial charge >= 0.3 is 41.3 Å². The van der Waals surface area contributed by atoms with Crippen LogP contribution < -0.4 is 0 Å². The number of para-hydroxylation sites is 1. The molecule has 3 rings (SSSR count). The third-order valence-electron chi connectivity index (χ3n) is 1.98. The molecule has 1 N–H and O–H groups in total. The number of halogens is 2. The van der Waals surface area contributed by atoms with Crippen LogP contribution in [-0.2, 0) is 24.2 Å². The zero-order chi connectivity index (χ0) is 13.2. The Bertz CT molecular complexity index is 501. The summed E-state index contributed by atoms with van der Waals surface area (Å²) in [6.45, 7) is 4.25. The second-order valence-corrected chi connectivity index (χ2v) is 6.46. The maximum atomic E-state index is 2.99. The number of H-pyrrole nitrogens is 1. The molecule has 0 atom stereocenters. The fourth-order valence-corrected chi connectivity index (χ4v) is 1.27. The molecule has 124 valence electrons. The number of hydrogen-bond acceptors (Lipinski definition) is 0. The molecule has 22 heavy (non-hydrogen) atoms. The van der Waals surface area contributed by atoms with Gasteiger partial charge in [0.05, 0.1) is 0 Å². The third-order valence-corrected chi connectivity index (χ3v) is 1.98. The van der Waals surface area contributed by atoms with Crippen LogP contribution in [0.15, 0.2) is 48.6 Å². The first-order chi connectivity index (χ1) is 8.70. The first-order valence-corrected chi connectivity index (χ1v) is 7.10. The van der Waals surface area contributed by atoms with E-state index >= 15 is 0 Å². The maximum Gasteiger partial charge on any atom is -0.0745 e. The molecule has 1 aromatic carbocycles. The fourth-order valence-electron chi connectivity index (χ4n) is 1.27. The molecule has 2 aromatic rings. The van der Waals surface area contributed by atoms with E-state index in [9.17, 15) is 0 Å². The van der Waals surface area contributed by atoms with Crippen LogP contribution in [0.5, 0.6) is 0 Å². The molecule has 0 bridgehead atoms. The molecule has 0 saturated heterocycles. The van der Waals surface area contributed by atoms with E-state index in [1.807, 2.05) is 36.4 Å². The van der Waals surface area contributed by atoms with Crippen molar-refractivity contribution in [3.8, 4) is 0 Å². The number of aromatic nitrogens is 1. The van der Waals surface area contributed by atoms with Gasteiger partial charge in [-0.1, -0.05) is 12.1 Å². The van der Waals surface area contributed by atoms with Crippen molar-refractivity contribution < 1.29 is 24.2 Å². The smallest absolute Gasteiger partial charge is 0.0745 e. The summed E-state index contributed by atoms with van der Waals surface area (Å²) < 4.78 is 1.51. The molecule has 4 heteroatoms. The van der Waals surface area contributed by atoms with E-state index < -0.39 is 0 Å². The van der Waals surface area contributed by atoms with Gasteiger partial charge in [-0.25, -0.2) is 12.2 Å². The Labute approximate surface area is 163 Å². The minimum absolute atomic E-state index is 0. The molecule has 0 saturated carbocycles. The number of fused-ring (bicyclic) bond motifs is 1. The second kappa shape index (κ2) is 18.6. The summed E-state index contributed by atoms with van der Waals surface area (Å²) in [5.74, 6) is 0. The minimum Gasteiger partial charge on any atom is -0.477 e. The van der Waals surface area contributed by atoms with Gasteiger partial charge < -0.3 is 19.8 Å². The van der Waals surface area contributed by atoms with Gasteiger partial charge in [0.25, 0.3) is 0 Å². The van der Waals surface area contributed by atoms with Gasteiger partial charge in [0.1, 0.15) is 0 Å². The molecule has 1 aliphatic carbocycles. The van der Waals surface area contributed by atoms with Crippen LogP contribution in [0.2, 0.25) is 0 Å². The molecule has 0 fully saturated rings. The predicted molar refractivity (Wildman–Crippen MR) is 102 cm³/mol. The quantitative estimate of drug-likeness (QED) is 0.524. The maximum absolute atomic E-state index is 2.99. The van der Waals surface area contributed by atoms with Crippen molar-refractivity contribution in [3.63, 3.8) is 0 Å². The SMILES string of the molecule is C[C](C)=[Zr].Cl.Cl.[C-]1=CC=CC1.[CH3-].[CH3-].[c-]1cc2ccccc2[nH]1. The molecular formula is C18H25Cl2NZr-4. The molecule has 1 heterocycles. The number of benzene rings is 1. The summed E-state index contributed by atoms with van der Waals surface area (Å²) in [7, 11) is 0. The van der Waals surface area contributed by atoms with Gasteiger partial charge in [0.15, 0.2) is 0 Å².